The van der Waals surface area contributed by atoms with Gasteiger partial charge in [-0.1, -0.05) is 26.8 Å². The van der Waals surface area contributed by atoms with Gasteiger partial charge >= 0.3 is 0 Å². The third kappa shape index (κ3) is 3.69. The summed E-state index contributed by atoms with van der Waals surface area (Å²) >= 11 is 0. The van der Waals surface area contributed by atoms with Crippen LogP contribution in [-0.4, -0.2) is 17.3 Å². The molecular formula is C16H23FO2. The first kappa shape index (κ1) is 14.3. The Morgan fingerprint density at radius 2 is 2.00 bits per heavy atom. The molecule has 1 aromatic rings. The summed E-state index contributed by atoms with van der Waals surface area (Å²) in [6.07, 6.45) is 1.90. The van der Waals surface area contributed by atoms with E-state index in [-0.39, 0.29) is 17.3 Å². The first-order valence-corrected chi connectivity index (χ1v) is 6.96. The molecule has 1 fully saturated rings. The number of hydrogen-bond donors (Lipinski definition) is 1. The highest BCUT2D eigenvalue weighted by molar-refractivity contribution is 5.23. The van der Waals surface area contributed by atoms with Gasteiger partial charge in [-0.05, 0) is 42.7 Å². The molecule has 1 aliphatic carbocycles. The molecule has 1 aliphatic rings. The van der Waals surface area contributed by atoms with Crippen LogP contribution in [0.3, 0.4) is 0 Å². The van der Waals surface area contributed by atoms with Crippen molar-refractivity contribution < 1.29 is 14.2 Å². The normalized spacial score (nSPS) is 28.2. The lowest BCUT2D eigenvalue weighted by atomic mass is 9.71. The molecule has 3 atom stereocenters. The molecule has 3 unspecified atom stereocenters. The Kier molecular flexibility index (Phi) is 4.14. The standard InChI is InChI=1S/C16H23FO2/c1-16(2,3)11-7-8-14(18)15(9-11)19-13-6-4-5-12(17)10-13/h4-6,10-11,14-15,18H,7-9H2,1-3H3. The van der Waals surface area contributed by atoms with Crippen molar-refractivity contribution in [3.8, 4) is 5.75 Å². The highest BCUT2D eigenvalue weighted by Crippen LogP contribution is 2.39. The maximum atomic E-state index is 13.1. The monoisotopic (exact) mass is 266 g/mol. The molecule has 0 aromatic heterocycles. The van der Waals surface area contributed by atoms with Gasteiger partial charge < -0.3 is 9.84 Å². The van der Waals surface area contributed by atoms with Crippen LogP contribution in [0.2, 0.25) is 0 Å². The van der Waals surface area contributed by atoms with E-state index in [2.05, 4.69) is 20.8 Å². The highest BCUT2D eigenvalue weighted by atomic mass is 19.1. The zero-order valence-electron chi connectivity index (χ0n) is 11.9. The van der Waals surface area contributed by atoms with E-state index in [1.807, 2.05) is 0 Å². The second-order valence-corrected chi connectivity index (χ2v) is 6.56. The van der Waals surface area contributed by atoms with Crippen molar-refractivity contribution in [1.29, 1.82) is 0 Å². The Labute approximate surface area is 114 Å². The second-order valence-electron chi connectivity index (χ2n) is 6.56. The van der Waals surface area contributed by atoms with Gasteiger partial charge in [0.25, 0.3) is 0 Å². The summed E-state index contributed by atoms with van der Waals surface area (Å²) in [5.41, 5.74) is 0.212. The van der Waals surface area contributed by atoms with Gasteiger partial charge in [-0.15, -0.1) is 0 Å². The van der Waals surface area contributed by atoms with Crippen LogP contribution in [0, 0.1) is 17.2 Å². The van der Waals surface area contributed by atoms with Crippen molar-refractivity contribution in [2.75, 3.05) is 0 Å². The van der Waals surface area contributed by atoms with E-state index in [4.69, 9.17) is 4.74 Å². The van der Waals surface area contributed by atoms with E-state index in [0.717, 1.165) is 19.3 Å². The van der Waals surface area contributed by atoms with E-state index in [1.54, 1.807) is 12.1 Å². The first-order valence-electron chi connectivity index (χ1n) is 6.96. The van der Waals surface area contributed by atoms with Crippen molar-refractivity contribution in [1.82, 2.24) is 0 Å². The molecule has 19 heavy (non-hydrogen) atoms. The van der Waals surface area contributed by atoms with Crippen molar-refractivity contribution in [3.05, 3.63) is 30.1 Å². The van der Waals surface area contributed by atoms with Gasteiger partial charge in [0.1, 0.15) is 17.7 Å². The molecule has 1 saturated carbocycles. The molecule has 1 N–H and O–H groups in total. The van der Waals surface area contributed by atoms with Gasteiger partial charge in [-0.2, -0.15) is 0 Å². The number of aliphatic hydroxyl groups is 1. The van der Waals surface area contributed by atoms with Crippen LogP contribution in [0.15, 0.2) is 24.3 Å². The molecule has 0 bridgehead atoms. The van der Waals surface area contributed by atoms with Gasteiger partial charge in [0, 0.05) is 6.07 Å². The third-order valence-corrected chi connectivity index (χ3v) is 4.07. The second kappa shape index (κ2) is 5.49. The maximum absolute atomic E-state index is 13.1. The first-order chi connectivity index (χ1) is 8.86. The molecule has 0 aliphatic heterocycles. The zero-order valence-corrected chi connectivity index (χ0v) is 11.9. The van der Waals surface area contributed by atoms with Crippen LogP contribution in [-0.2, 0) is 0 Å². The Morgan fingerprint density at radius 3 is 2.63 bits per heavy atom. The molecule has 0 radical (unpaired) electrons. The molecule has 0 saturated heterocycles. The lowest BCUT2D eigenvalue weighted by molar-refractivity contribution is -0.0298. The number of hydrogen-bond acceptors (Lipinski definition) is 2. The van der Waals surface area contributed by atoms with Crippen LogP contribution < -0.4 is 4.74 Å². The summed E-state index contributed by atoms with van der Waals surface area (Å²) in [5.74, 6) is 0.711. The largest absolute Gasteiger partial charge is 0.488 e. The number of halogens is 1. The van der Waals surface area contributed by atoms with E-state index >= 15 is 0 Å². The smallest absolute Gasteiger partial charge is 0.126 e. The molecule has 0 amide bonds. The number of rotatable bonds is 2. The molecule has 0 spiro atoms. The Balaban J connectivity index is 2.05. The van der Waals surface area contributed by atoms with Crippen molar-refractivity contribution >= 4 is 0 Å². The molecule has 0 heterocycles. The number of aliphatic hydroxyl groups excluding tert-OH is 1. The predicted molar refractivity (Wildman–Crippen MR) is 73.6 cm³/mol. The van der Waals surface area contributed by atoms with Gasteiger partial charge in [0.2, 0.25) is 0 Å². The minimum absolute atomic E-state index is 0.212. The lowest BCUT2D eigenvalue weighted by Gasteiger charge is -2.39. The minimum Gasteiger partial charge on any atom is -0.488 e. The molecule has 2 rings (SSSR count). The minimum atomic E-state index is -0.457. The van der Waals surface area contributed by atoms with E-state index < -0.39 is 6.10 Å². The van der Waals surface area contributed by atoms with Crippen LogP contribution in [0.4, 0.5) is 4.39 Å². The fourth-order valence-electron chi connectivity index (χ4n) is 2.74. The molecule has 3 heteroatoms. The zero-order chi connectivity index (χ0) is 14.0. The van der Waals surface area contributed by atoms with Crippen LogP contribution in [0.1, 0.15) is 40.0 Å². The summed E-state index contributed by atoms with van der Waals surface area (Å²) in [6.45, 7) is 6.65. The quantitative estimate of drug-likeness (QED) is 0.882. The average molecular weight is 266 g/mol. The van der Waals surface area contributed by atoms with E-state index in [9.17, 15) is 9.50 Å². The Morgan fingerprint density at radius 1 is 1.26 bits per heavy atom. The van der Waals surface area contributed by atoms with E-state index in [0.29, 0.717) is 11.7 Å². The molecule has 1 aromatic carbocycles. The fraction of sp³-hybridized carbons (Fsp3) is 0.625. The van der Waals surface area contributed by atoms with Crippen molar-refractivity contribution in [3.63, 3.8) is 0 Å². The summed E-state index contributed by atoms with van der Waals surface area (Å²) in [5, 5.41) is 10.1. The Hall–Kier alpha value is -1.09. The molecule has 2 nitrogen and oxygen atoms in total. The van der Waals surface area contributed by atoms with Gasteiger partial charge in [-0.3, -0.25) is 0 Å². The summed E-state index contributed by atoms with van der Waals surface area (Å²) in [6, 6.07) is 6.12. The van der Waals surface area contributed by atoms with Crippen molar-refractivity contribution in [2.24, 2.45) is 11.3 Å². The topological polar surface area (TPSA) is 29.5 Å². The Bertz CT molecular complexity index is 425. The van der Waals surface area contributed by atoms with Crippen LogP contribution in [0.5, 0.6) is 5.75 Å². The average Bonchev–Trinajstić information content (AvgIpc) is 2.30. The van der Waals surface area contributed by atoms with Gasteiger partial charge in [-0.25, -0.2) is 4.39 Å². The highest BCUT2D eigenvalue weighted by Gasteiger charge is 2.36. The van der Waals surface area contributed by atoms with Gasteiger partial charge in [0.05, 0.1) is 6.10 Å². The predicted octanol–water partition coefficient (Wildman–Crippen LogP) is 3.78. The molecular weight excluding hydrogens is 243 g/mol. The number of ether oxygens (including phenoxy) is 1. The summed E-state index contributed by atoms with van der Waals surface area (Å²) < 4.78 is 18.9. The maximum Gasteiger partial charge on any atom is 0.126 e. The summed E-state index contributed by atoms with van der Waals surface area (Å²) in [4.78, 5) is 0. The molecule has 106 valence electrons. The van der Waals surface area contributed by atoms with Crippen LogP contribution in [0.25, 0.3) is 0 Å². The van der Waals surface area contributed by atoms with Crippen molar-refractivity contribution in [2.45, 2.75) is 52.2 Å². The number of benzene rings is 1. The fourth-order valence-corrected chi connectivity index (χ4v) is 2.74. The van der Waals surface area contributed by atoms with E-state index in [1.165, 1.54) is 12.1 Å². The third-order valence-electron chi connectivity index (χ3n) is 4.07. The van der Waals surface area contributed by atoms with Gasteiger partial charge in [0.15, 0.2) is 0 Å². The van der Waals surface area contributed by atoms with Crippen LogP contribution >= 0.6 is 0 Å². The lowest BCUT2D eigenvalue weighted by Crippen LogP contribution is -2.41. The SMILES string of the molecule is CC(C)(C)C1CCC(O)C(Oc2cccc(F)c2)C1. The summed E-state index contributed by atoms with van der Waals surface area (Å²) in [7, 11) is 0.